The molecular formula is C23H30N4O4. The molecule has 31 heavy (non-hydrogen) atoms. The number of piperidine rings is 1. The number of aromatic nitrogens is 1. The van der Waals surface area contributed by atoms with Crippen LogP contribution in [0.3, 0.4) is 0 Å². The van der Waals surface area contributed by atoms with Gasteiger partial charge in [-0.05, 0) is 62.0 Å². The third-order valence-electron chi connectivity index (χ3n) is 5.09. The lowest BCUT2D eigenvalue weighted by Gasteiger charge is -2.38. The second kappa shape index (κ2) is 10.6. The zero-order valence-electron chi connectivity index (χ0n) is 18.5. The Kier molecular flexibility index (Phi) is 8.13. The monoisotopic (exact) mass is 426 g/mol. The number of rotatable bonds is 5. The molecule has 1 saturated heterocycles. The van der Waals surface area contributed by atoms with E-state index in [0.717, 1.165) is 6.42 Å². The van der Waals surface area contributed by atoms with Crippen LogP contribution in [0.5, 0.6) is 0 Å². The summed E-state index contributed by atoms with van der Waals surface area (Å²) in [6.07, 6.45) is 8.01. The molecule has 1 aromatic heterocycles. The Bertz CT molecular complexity index is 936. The molecule has 0 aromatic carbocycles. The van der Waals surface area contributed by atoms with Crippen molar-refractivity contribution in [1.29, 1.82) is 0 Å². The molecule has 2 atom stereocenters. The van der Waals surface area contributed by atoms with E-state index in [2.05, 4.69) is 16.9 Å². The van der Waals surface area contributed by atoms with Crippen LogP contribution in [-0.2, 0) is 19.1 Å². The summed E-state index contributed by atoms with van der Waals surface area (Å²) in [7, 11) is 0. The van der Waals surface area contributed by atoms with Gasteiger partial charge in [0.2, 0.25) is 0 Å². The average molecular weight is 427 g/mol. The SMILES string of the molecule is C=C(/C=C\C(=C/C)OC(C)=O)[C@@H]1CC[C@@H](C)CN1C(=O)C(=O)Nc1cnc(N)c(C)c1. The van der Waals surface area contributed by atoms with Crippen molar-refractivity contribution in [3.63, 3.8) is 0 Å². The van der Waals surface area contributed by atoms with Gasteiger partial charge in [-0.1, -0.05) is 19.6 Å². The number of nitrogens with zero attached hydrogens (tertiary/aromatic N) is 2. The summed E-state index contributed by atoms with van der Waals surface area (Å²) >= 11 is 0. The van der Waals surface area contributed by atoms with E-state index in [1.54, 1.807) is 43.0 Å². The Hall–Kier alpha value is -3.42. The van der Waals surface area contributed by atoms with Gasteiger partial charge in [-0.2, -0.15) is 0 Å². The minimum Gasteiger partial charge on any atom is -0.427 e. The molecule has 3 N–H and O–H groups in total. The fourth-order valence-corrected chi connectivity index (χ4v) is 3.39. The van der Waals surface area contributed by atoms with Gasteiger partial charge in [-0.3, -0.25) is 14.4 Å². The summed E-state index contributed by atoms with van der Waals surface area (Å²) in [6.45, 7) is 11.4. The van der Waals surface area contributed by atoms with Crippen LogP contribution in [0.2, 0.25) is 0 Å². The van der Waals surface area contributed by atoms with E-state index in [9.17, 15) is 14.4 Å². The maximum Gasteiger partial charge on any atom is 0.313 e. The van der Waals surface area contributed by atoms with Gasteiger partial charge in [0.15, 0.2) is 0 Å². The predicted octanol–water partition coefficient (Wildman–Crippen LogP) is 3.12. The van der Waals surface area contributed by atoms with Gasteiger partial charge in [0, 0.05) is 13.5 Å². The summed E-state index contributed by atoms with van der Waals surface area (Å²) < 4.78 is 5.09. The normalized spacial score (nSPS) is 19.2. The smallest absolute Gasteiger partial charge is 0.313 e. The van der Waals surface area contributed by atoms with Gasteiger partial charge < -0.3 is 20.7 Å². The van der Waals surface area contributed by atoms with Gasteiger partial charge in [0.1, 0.15) is 11.6 Å². The highest BCUT2D eigenvalue weighted by atomic mass is 16.5. The lowest BCUT2D eigenvalue weighted by molar-refractivity contribution is -0.145. The molecule has 0 bridgehead atoms. The van der Waals surface area contributed by atoms with Crippen molar-refractivity contribution in [2.45, 2.75) is 46.6 Å². The van der Waals surface area contributed by atoms with Crippen molar-refractivity contribution < 1.29 is 19.1 Å². The second-order valence-electron chi connectivity index (χ2n) is 7.73. The number of anilines is 2. The largest absolute Gasteiger partial charge is 0.427 e. The first-order chi connectivity index (χ1) is 14.6. The van der Waals surface area contributed by atoms with E-state index >= 15 is 0 Å². The minimum absolute atomic E-state index is 0.261. The summed E-state index contributed by atoms with van der Waals surface area (Å²) in [5.74, 6) is -0.776. The van der Waals surface area contributed by atoms with Crippen molar-refractivity contribution in [1.82, 2.24) is 9.88 Å². The molecule has 0 spiro atoms. The number of allylic oxidation sites excluding steroid dienone is 2. The quantitative estimate of drug-likeness (QED) is 0.324. The van der Waals surface area contributed by atoms with Gasteiger partial charge in [-0.25, -0.2) is 4.98 Å². The van der Waals surface area contributed by atoms with Crippen molar-refractivity contribution in [3.05, 3.63) is 54.0 Å². The van der Waals surface area contributed by atoms with Crippen LogP contribution < -0.4 is 11.1 Å². The van der Waals surface area contributed by atoms with Crippen molar-refractivity contribution in [2.24, 2.45) is 5.92 Å². The first-order valence-corrected chi connectivity index (χ1v) is 10.2. The number of carbonyl (C=O) groups excluding carboxylic acids is 3. The van der Waals surface area contributed by atoms with Gasteiger partial charge >= 0.3 is 17.8 Å². The fraction of sp³-hybridized carbons (Fsp3) is 0.391. The number of aryl methyl sites for hydroxylation is 1. The van der Waals surface area contributed by atoms with Gasteiger partial charge in [-0.15, -0.1) is 0 Å². The number of pyridine rings is 1. The van der Waals surface area contributed by atoms with E-state index in [1.165, 1.54) is 13.1 Å². The molecule has 2 rings (SSSR count). The van der Waals surface area contributed by atoms with Crippen LogP contribution in [-0.4, -0.2) is 40.3 Å². The van der Waals surface area contributed by atoms with Crippen LogP contribution in [0.4, 0.5) is 11.5 Å². The second-order valence-corrected chi connectivity index (χ2v) is 7.73. The van der Waals surface area contributed by atoms with Gasteiger partial charge in [0.05, 0.1) is 17.9 Å². The van der Waals surface area contributed by atoms with E-state index in [0.29, 0.717) is 41.4 Å². The summed E-state index contributed by atoms with van der Waals surface area (Å²) in [5.41, 5.74) is 7.48. The molecule has 0 aliphatic carbocycles. The van der Waals surface area contributed by atoms with Crippen molar-refractivity contribution in [2.75, 3.05) is 17.6 Å². The first kappa shape index (κ1) is 23.9. The fourth-order valence-electron chi connectivity index (χ4n) is 3.39. The average Bonchev–Trinajstić information content (AvgIpc) is 2.72. The predicted molar refractivity (Wildman–Crippen MR) is 120 cm³/mol. The summed E-state index contributed by atoms with van der Waals surface area (Å²) in [6, 6.07) is 1.34. The third-order valence-corrected chi connectivity index (χ3v) is 5.09. The number of hydrogen-bond acceptors (Lipinski definition) is 6. The topological polar surface area (TPSA) is 115 Å². The van der Waals surface area contributed by atoms with Crippen LogP contribution in [0.25, 0.3) is 0 Å². The number of likely N-dealkylation sites (tertiary alicyclic amines) is 1. The van der Waals surface area contributed by atoms with Crippen LogP contribution in [0.15, 0.2) is 48.4 Å². The van der Waals surface area contributed by atoms with Crippen molar-refractivity contribution >= 4 is 29.3 Å². The molecule has 0 radical (unpaired) electrons. The minimum atomic E-state index is -0.740. The standard InChI is InChI=1S/C23H30N4O4/c1-6-19(31-17(5)28)9-8-15(3)20-10-7-14(2)13-27(20)23(30)22(29)26-18-11-16(4)21(24)25-12-18/h6,8-9,11-12,14,20H,3,7,10,13H2,1-2,4-5H3,(H2,24,25)(H,26,29)/b9-8-,19-6+/t14-,20+/m1/s1. The zero-order chi connectivity index (χ0) is 23.1. The number of amides is 2. The Morgan fingerprint density at radius 1 is 1.32 bits per heavy atom. The Morgan fingerprint density at radius 3 is 2.65 bits per heavy atom. The molecule has 8 heteroatoms. The van der Waals surface area contributed by atoms with Gasteiger partial charge in [0.25, 0.3) is 0 Å². The Labute approximate surface area is 182 Å². The molecule has 1 fully saturated rings. The number of ether oxygens (including phenoxy) is 1. The number of esters is 1. The molecule has 0 unspecified atom stereocenters. The molecule has 1 aromatic rings. The van der Waals surface area contributed by atoms with Crippen LogP contribution in [0, 0.1) is 12.8 Å². The highest BCUT2D eigenvalue weighted by Crippen LogP contribution is 2.27. The molecule has 166 valence electrons. The molecule has 0 saturated carbocycles. The summed E-state index contributed by atoms with van der Waals surface area (Å²) in [4.78, 5) is 42.3. The number of nitrogens with one attached hydrogen (secondary N) is 1. The Morgan fingerprint density at radius 2 is 2.03 bits per heavy atom. The number of nitrogens with two attached hydrogens (primary N) is 1. The number of hydrogen-bond donors (Lipinski definition) is 2. The molecule has 2 amide bonds. The molecule has 2 heterocycles. The van der Waals surface area contributed by atoms with E-state index in [4.69, 9.17) is 10.5 Å². The third kappa shape index (κ3) is 6.53. The molecule has 1 aliphatic rings. The molecule has 8 nitrogen and oxygen atoms in total. The van der Waals surface area contributed by atoms with Crippen molar-refractivity contribution in [3.8, 4) is 0 Å². The van der Waals surface area contributed by atoms with E-state index in [1.807, 2.05) is 6.92 Å². The maximum atomic E-state index is 13.0. The van der Waals surface area contributed by atoms with Crippen LogP contribution in [0.1, 0.15) is 39.2 Å². The first-order valence-electron chi connectivity index (χ1n) is 10.2. The lowest BCUT2D eigenvalue weighted by Crippen LogP contribution is -2.50. The lowest BCUT2D eigenvalue weighted by atomic mass is 9.90. The zero-order valence-corrected chi connectivity index (χ0v) is 18.5. The summed E-state index contributed by atoms with van der Waals surface area (Å²) in [5, 5.41) is 2.60. The Balaban J connectivity index is 2.15. The highest BCUT2D eigenvalue weighted by molar-refractivity contribution is 6.39. The number of carbonyl (C=O) groups is 3. The van der Waals surface area contributed by atoms with Crippen LogP contribution >= 0.6 is 0 Å². The van der Waals surface area contributed by atoms with E-state index in [-0.39, 0.29) is 12.0 Å². The van der Waals surface area contributed by atoms with E-state index < -0.39 is 17.8 Å². The number of nitrogen functional groups attached to an aromatic ring is 1. The highest BCUT2D eigenvalue weighted by Gasteiger charge is 2.34. The maximum absolute atomic E-state index is 13.0. The molecular weight excluding hydrogens is 396 g/mol. The molecule has 1 aliphatic heterocycles.